The summed E-state index contributed by atoms with van der Waals surface area (Å²) in [5.74, 6) is 0.368. The molecule has 2 N–H and O–H groups in total. The fourth-order valence-electron chi connectivity index (χ4n) is 1.51. The van der Waals surface area contributed by atoms with Gasteiger partial charge in [0.25, 0.3) is 0 Å². The third kappa shape index (κ3) is 3.30. The molecule has 0 amide bonds. The molecule has 0 spiro atoms. The Labute approximate surface area is 121 Å². The Balaban J connectivity index is 2.17. The second-order valence-corrected chi connectivity index (χ2v) is 6.77. The molecule has 0 aliphatic rings. The van der Waals surface area contributed by atoms with Gasteiger partial charge in [-0.05, 0) is 13.8 Å². The first-order valence-electron chi connectivity index (χ1n) is 5.86. The third-order valence-corrected chi connectivity index (χ3v) is 5.14. The summed E-state index contributed by atoms with van der Waals surface area (Å²) in [6.07, 6.45) is 2.53. The van der Waals surface area contributed by atoms with Crippen LogP contribution in [0.5, 0.6) is 0 Å². The molecular formula is C11H15N5O2S2. The van der Waals surface area contributed by atoms with Crippen molar-refractivity contribution in [3.8, 4) is 0 Å². The predicted molar refractivity (Wildman–Crippen MR) is 77.2 cm³/mol. The van der Waals surface area contributed by atoms with E-state index in [-0.39, 0.29) is 4.90 Å². The van der Waals surface area contributed by atoms with Gasteiger partial charge in [-0.25, -0.2) is 28.1 Å². The van der Waals surface area contributed by atoms with E-state index in [1.165, 1.54) is 23.7 Å². The van der Waals surface area contributed by atoms with Crippen molar-refractivity contribution in [2.24, 2.45) is 0 Å². The zero-order valence-electron chi connectivity index (χ0n) is 11.3. The van der Waals surface area contributed by atoms with Gasteiger partial charge in [-0.15, -0.1) is 11.3 Å². The molecule has 0 aromatic carbocycles. The molecule has 108 valence electrons. The monoisotopic (exact) mass is 313 g/mol. The first kappa shape index (κ1) is 14.8. The zero-order chi connectivity index (χ0) is 14.8. The Morgan fingerprint density at radius 3 is 2.45 bits per heavy atom. The molecule has 0 radical (unpaired) electrons. The number of hydrogen-bond donors (Lipinski definition) is 2. The van der Waals surface area contributed by atoms with Gasteiger partial charge in [0, 0.05) is 18.1 Å². The van der Waals surface area contributed by atoms with E-state index in [1.807, 2.05) is 12.3 Å². The average Bonchev–Trinajstić information content (AvgIpc) is 2.85. The number of hydrogen-bond acceptors (Lipinski definition) is 7. The lowest BCUT2D eigenvalue weighted by Gasteiger charge is -2.11. The molecule has 2 rings (SSSR count). The topological polar surface area (TPSA) is 96.9 Å². The maximum Gasteiger partial charge on any atom is 0.244 e. The summed E-state index contributed by atoms with van der Waals surface area (Å²) in [7, 11) is -2.00. The quantitative estimate of drug-likeness (QED) is 0.864. The van der Waals surface area contributed by atoms with Crippen molar-refractivity contribution in [1.82, 2.24) is 19.7 Å². The second-order valence-electron chi connectivity index (χ2n) is 4.16. The minimum Gasteiger partial charge on any atom is -0.357 e. The molecule has 7 nitrogen and oxygen atoms in total. The first-order valence-corrected chi connectivity index (χ1v) is 8.23. The molecule has 0 bridgehead atoms. The number of aromatic nitrogens is 3. The van der Waals surface area contributed by atoms with Gasteiger partial charge < -0.3 is 5.32 Å². The number of anilines is 1. The van der Waals surface area contributed by atoms with Crippen molar-refractivity contribution in [2.45, 2.75) is 24.8 Å². The van der Waals surface area contributed by atoms with Crippen molar-refractivity contribution in [2.75, 3.05) is 12.4 Å². The fraction of sp³-hybridized carbons (Fsp3) is 0.364. The summed E-state index contributed by atoms with van der Waals surface area (Å²) in [6.45, 7) is 3.62. The average molecular weight is 313 g/mol. The van der Waals surface area contributed by atoms with Crippen LogP contribution in [0.3, 0.4) is 0 Å². The maximum absolute atomic E-state index is 12.2. The molecule has 20 heavy (non-hydrogen) atoms. The van der Waals surface area contributed by atoms with Gasteiger partial charge in [0.1, 0.15) is 9.90 Å². The van der Waals surface area contributed by atoms with Crippen LogP contribution in [-0.4, -0.2) is 30.4 Å². The van der Waals surface area contributed by atoms with Crippen LogP contribution in [0.15, 0.2) is 22.7 Å². The summed E-state index contributed by atoms with van der Waals surface area (Å²) < 4.78 is 26.9. The summed E-state index contributed by atoms with van der Waals surface area (Å²) in [5, 5.41) is 5.33. The van der Waals surface area contributed by atoms with Gasteiger partial charge in [-0.2, -0.15) is 0 Å². The van der Waals surface area contributed by atoms with Gasteiger partial charge in [-0.1, -0.05) is 0 Å². The van der Waals surface area contributed by atoms with Gasteiger partial charge in [0.15, 0.2) is 0 Å². The van der Waals surface area contributed by atoms with Gasteiger partial charge in [0.2, 0.25) is 16.0 Å². The van der Waals surface area contributed by atoms with Crippen molar-refractivity contribution >= 4 is 27.3 Å². The van der Waals surface area contributed by atoms with E-state index >= 15 is 0 Å². The molecule has 1 atom stereocenters. The van der Waals surface area contributed by atoms with Crippen LogP contribution in [0.25, 0.3) is 0 Å². The highest BCUT2D eigenvalue weighted by Crippen LogP contribution is 2.20. The van der Waals surface area contributed by atoms with E-state index in [9.17, 15) is 8.42 Å². The van der Waals surface area contributed by atoms with E-state index in [2.05, 4.69) is 25.0 Å². The smallest absolute Gasteiger partial charge is 0.244 e. The number of aryl methyl sites for hydroxylation is 1. The van der Waals surface area contributed by atoms with Crippen LogP contribution in [0.4, 0.5) is 5.95 Å². The van der Waals surface area contributed by atoms with Gasteiger partial charge >= 0.3 is 0 Å². The zero-order valence-corrected chi connectivity index (χ0v) is 12.9. The normalized spacial score (nSPS) is 13.2. The third-order valence-electron chi connectivity index (χ3n) is 2.50. The summed E-state index contributed by atoms with van der Waals surface area (Å²) in [6, 6.07) is -0.400. The van der Waals surface area contributed by atoms with Gasteiger partial charge in [-0.3, -0.25) is 0 Å². The Morgan fingerprint density at radius 2 is 1.95 bits per heavy atom. The van der Waals surface area contributed by atoms with Crippen molar-refractivity contribution in [1.29, 1.82) is 0 Å². The van der Waals surface area contributed by atoms with Crippen molar-refractivity contribution in [3.05, 3.63) is 28.5 Å². The Morgan fingerprint density at radius 1 is 1.30 bits per heavy atom. The molecular weight excluding hydrogens is 298 g/mol. The largest absolute Gasteiger partial charge is 0.357 e. The minimum absolute atomic E-state index is 0.0247. The van der Waals surface area contributed by atoms with E-state index < -0.39 is 16.1 Å². The number of nitrogens with one attached hydrogen (secondary N) is 2. The van der Waals surface area contributed by atoms with E-state index in [4.69, 9.17) is 0 Å². The van der Waals surface area contributed by atoms with Crippen molar-refractivity contribution in [3.63, 3.8) is 0 Å². The molecule has 0 aliphatic carbocycles. The maximum atomic E-state index is 12.2. The van der Waals surface area contributed by atoms with Crippen LogP contribution in [0, 0.1) is 6.92 Å². The van der Waals surface area contributed by atoms with E-state index in [1.54, 1.807) is 14.0 Å². The highest BCUT2D eigenvalue weighted by molar-refractivity contribution is 7.89. The van der Waals surface area contributed by atoms with Crippen LogP contribution >= 0.6 is 11.3 Å². The Kier molecular flexibility index (Phi) is 4.31. The molecule has 0 aliphatic heterocycles. The first-order chi connectivity index (χ1) is 9.42. The summed E-state index contributed by atoms with van der Waals surface area (Å²) >= 11 is 1.42. The number of thiazole rings is 1. The Bertz CT molecular complexity index is 681. The van der Waals surface area contributed by atoms with Crippen LogP contribution in [0.1, 0.15) is 23.7 Å². The van der Waals surface area contributed by atoms with Crippen LogP contribution < -0.4 is 10.0 Å². The second kappa shape index (κ2) is 5.81. The molecule has 1 unspecified atom stereocenters. The minimum atomic E-state index is -3.66. The van der Waals surface area contributed by atoms with E-state index in [0.717, 1.165) is 10.7 Å². The van der Waals surface area contributed by atoms with Crippen LogP contribution in [0.2, 0.25) is 0 Å². The molecule has 0 saturated heterocycles. The standard InChI is InChI=1S/C11H15N5O2S2/c1-7-6-19-10(15-7)8(2)16-20(17,18)9-4-13-11(12-3)14-5-9/h4-6,8,16H,1-3H3,(H,12,13,14). The lowest BCUT2D eigenvalue weighted by atomic mass is 10.4. The lowest BCUT2D eigenvalue weighted by molar-refractivity contribution is 0.565. The predicted octanol–water partition coefficient (Wildman–Crippen LogP) is 1.32. The van der Waals surface area contributed by atoms with E-state index in [0.29, 0.717) is 5.95 Å². The molecule has 9 heteroatoms. The van der Waals surface area contributed by atoms with Crippen LogP contribution in [-0.2, 0) is 10.0 Å². The molecule has 0 fully saturated rings. The Hall–Kier alpha value is -1.58. The lowest BCUT2D eigenvalue weighted by Crippen LogP contribution is -2.27. The summed E-state index contributed by atoms with van der Waals surface area (Å²) in [5.41, 5.74) is 0.873. The number of rotatable bonds is 5. The molecule has 2 aromatic heterocycles. The number of nitrogens with zero attached hydrogens (tertiary/aromatic N) is 3. The van der Waals surface area contributed by atoms with Gasteiger partial charge in [0.05, 0.1) is 18.4 Å². The molecule has 2 aromatic rings. The highest BCUT2D eigenvalue weighted by Gasteiger charge is 2.20. The summed E-state index contributed by atoms with van der Waals surface area (Å²) in [4.78, 5) is 12.1. The SMILES string of the molecule is CNc1ncc(S(=O)(=O)NC(C)c2nc(C)cs2)cn1. The van der Waals surface area contributed by atoms with Crippen molar-refractivity contribution < 1.29 is 8.42 Å². The molecule has 0 saturated carbocycles. The molecule has 2 heterocycles. The fourth-order valence-corrected chi connectivity index (χ4v) is 3.48. The number of sulfonamides is 1. The highest BCUT2D eigenvalue weighted by atomic mass is 32.2.